The number of tetrazole rings is 1. The average molecular weight is 450 g/mol. The molecule has 9 heteroatoms. The van der Waals surface area contributed by atoms with E-state index in [1.807, 2.05) is 62.4 Å². The zero-order valence-electron chi connectivity index (χ0n) is 18.1. The first-order chi connectivity index (χ1) is 15.6. The quantitative estimate of drug-likeness (QED) is 0.289. The number of aryl methyl sites for hydroxylation is 1. The maximum atomic E-state index is 12.8. The number of carbonyl (C=O) groups is 1. The van der Waals surface area contributed by atoms with Crippen molar-refractivity contribution in [3.05, 3.63) is 65.4 Å². The molecule has 0 radical (unpaired) electrons. The number of para-hydroxylation sites is 3. The van der Waals surface area contributed by atoms with Crippen LogP contribution in [0, 0.1) is 6.92 Å². The molecular formula is C23H23N5O3S. The van der Waals surface area contributed by atoms with E-state index in [0.717, 1.165) is 22.2 Å². The number of aromatic nitrogens is 5. The van der Waals surface area contributed by atoms with Gasteiger partial charge in [0.1, 0.15) is 11.4 Å². The normalized spacial score (nSPS) is 11.0. The number of pyridine rings is 1. The molecule has 0 N–H and O–H groups in total. The van der Waals surface area contributed by atoms with Gasteiger partial charge < -0.3 is 9.47 Å². The van der Waals surface area contributed by atoms with Crippen molar-refractivity contribution in [1.82, 2.24) is 25.2 Å². The average Bonchev–Trinajstić information content (AvgIpc) is 3.27. The fourth-order valence-electron chi connectivity index (χ4n) is 3.48. The van der Waals surface area contributed by atoms with Gasteiger partial charge in [-0.2, -0.15) is 4.68 Å². The summed E-state index contributed by atoms with van der Waals surface area (Å²) in [6, 6.07) is 15.3. The molecule has 4 rings (SSSR count). The third-order valence-corrected chi connectivity index (χ3v) is 5.81. The van der Waals surface area contributed by atoms with E-state index in [9.17, 15) is 4.79 Å². The molecule has 0 bridgehead atoms. The molecule has 0 aliphatic rings. The maximum Gasteiger partial charge on any atom is 0.340 e. The Morgan fingerprint density at radius 3 is 2.66 bits per heavy atom. The fraction of sp³-hybridized carbons (Fsp3) is 0.261. The zero-order chi connectivity index (χ0) is 22.5. The number of hydrogen-bond acceptors (Lipinski definition) is 8. The lowest BCUT2D eigenvalue weighted by Gasteiger charge is -2.14. The van der Waals surface area contributed by atoms with E-state index in [0.29, 0.717) is 41.1 Å². The van der Waals surface area contributed by atoms with Gasteiger partial charge in [0.25, 0.3) is 0 Å². The predicted octanol–water partition coefficient (Wildman–Crippen LogP) is 4.39. The molecule has 0 aliphatic heterocycles. The standard InChI is InChI=1S/C23H23N5O3S/c1-4-30-20-13-9-8-12-19(20)28-23(25-26-27-28)32-14-18-21(22(29)31-5-2)15(3)16-10-6-7-11-17(16)24-18/h6-13H,4-5,14H2,1-3H3. The Balaban J connectivity index is 1.70. The Kier molecular flexibility index (Phi) is 6.65. The third kappa shape index (κ3) is 4.29. The number of nitrogens with zero attached hydrogens (tertiary/aromatic N) is 5. The second-order valence-electron chi connectivity index (χ2n) is 6.86. The summed E-state index contributed by atoms with van der Waals surface area (Å²) in [5, 5.41) is 13.6. The molecule has 164 valence electrons. The highest BCUT2D eigenvalue weighted by molar-refractivity contribution is 7.98. The summed E-state index contributed by atoms with van der Waals surface area (Å²) in [5.41, 5.74) is 3.56. The van der Waals surface area contributed by atoms with E-state index >= 15 is 0 Å². The van der Waals surface area contributed by atoms with Crippen molar-refractivity contribution in [1.29, 1.82) is 0 Å². The molecule has 0 fully saturated rings. The molecule has 0 unspecified atom stereocenters. The van der Waals surface area contributed by atoms with Crippen LogP contribution >= 0.6 is 11.8 Å². The minimum absolute atomic E-state index is 0.296. The summed E-state index contributed by atoms with van der Waals surface area (Å²) in [5.74, 6) is 0.716. The largest absolute Gasteiger partial charge is 0.492 e. The maximum absolute atomic E-state index is 12.8. The molecule has 0 spiro atoms. The van der Waals surface area contributed by atoms with Crippen molar-refractivity contribution in [2.75, 3.05) is 13.2 Å². The Bertz CT molecular complexity index is 1260. The minimum atomic E-state index is -0.375. The Morgan fingerprint density at radius 1 is 1.06 bits per heavy atom. The molecule has 0 saturated carbocycles. The Hall–Kier alpha value is -3.46. The van der Waals surface area contributed by atoms with Crippen molar-refractivity contribution < 1.29 is 14.3 Å². The van der Waals surface area contributed by atoms with Crippen molar-refractivity contribution in [2.45, 2.75) is 31.7 Å². The summed E-state index contributed by atoms with van der Waals surface area (Å²) in [6.45, 7) is 6.47. The van der Waals surface area contributed by atoms with E-state index in [-0.39, 0.29) is 5.97 Å². The molecule has 0 atom stereocenters. The molecule has 2 aromatic carbocycles. The first-order valence-corrected chi connectivity index (χ1v) is 11.3. The molecule has 2 aromatic heterocycles. The smallest absolute Gasteiger partial charge is 0.340 e. The fourth-order valence-corrected chi connectivity index (χ4v) is 4.31. The van der Waals surface area contributed by atoms with Gasteiger partial charge in [0, 0.05) is 11.1 Å². The van der Waals surface area contributed by atoms with Crippen LogP contribution < -0.4 is 4.74 Å². The van der Waals surface area contributed by atoms with Crippen LogP contribution in [0.3, 0.4) is 0 Å². The van der Waals surface area contributed by atoms with Crippen LogP contribution in [0.1, 0.15) is 35.5 Å². The van der Waals surface area contributed by atoms with Gasteiger partial charge >= 0.3 is 5.97 Å². The topological polar surface area (TPSA) is 92.0 Å². The summed E-state index contributed by atoms with van der Waals surface area (Å²) < 4.78 is 12.7. The highest BCUT2D eigenvalue weighted by atomic mass is 32.2. The predicted molar refractivity (Wildman–Crippen MR) is 122 cm³/mol. The minimum Gasteiger partial charge on any atom is -0.492 e. The van der Waals surface area contributed by atoms with Crippen LogP contribution in [-0.4, -0.2) is 44.4 Å². The van der Waals surface area contributed by atoms with Crippen molar-refractivity contribution in [3.8, 4) is 11.4 Å². The van der Waals surface area contributed by atoms with Crippen LogP contribution in [0.15, 0.2) is 53.7 Å². The first kappa shape index (κ1) is 21.8. The van der Waals surface area contributed by atoms with E-state index < -0.39 is 0 Å². The van der Waals surface area contributed by atoms with E-state index in [1.165, 1.54) is 11.8 Å². The molecule has 0 aliphatic carbocycles. The van der Waals surface area contributed by atoms with Gasteiger partial charge in [-0.15, -0.1) is 5.10 Å². The zero-order valence-corrected chi connectivity index (χ0v) is 18.9. The lowest BCUT2D eigenvalue weighted by molar-refractivity contribution is 0.0524. The van der Waals surface area contributed by atoms with Crippen LogP contribution in [0.4, 0.5) is 0 Å². The van der Waals surface area contributed by atoms with Gasteiger partial charge in [0.2, 0.25) is 5.16 Å². The van der Waals surface area contributed by atoms with Gasteiger partial charge in [-0.3, -0.25) is 4.98 Å². The van der Waals surface area contributed by atoms with Crippen molar-refractivity contribution >= 4 is 28.6 Å². The Labute approximate surface area is 189 Å². The monoisotopic (exact) mass is 449 g/mol. The van der Waals surface area contributed by atoms with Gasteiger partial charge in [-0.1, -0.05) is 42.1 Å². The van der Waals surface area contributed by atoms with E-state index in [4.69, 9.17) is 14.5 Å². The summed E-state index contributed by atoms with van der Waals surface area (Å²) >= 11 is 1.40. The molecular weight excluding hydrogens is 426 g/mol. The van der Waals surface area contributed by atoms with E-state index in [1.54, 1.807) is 11.6 Å². The highest BCUT2D eigenvalue weighted by Gasteiger charge is 2.21. The second kappa shape index (κ2) is 9.78. The van der Waals surface area contributed by atoms with Gasteiger partial charge in [-0.05, 0) is 55.0 Å². The first-order valence-electron chi connectivity index (χ1n) is 10.3. The molecule has 2 heterocycles. The third-order valence-electron chi connectivity index (χ3n) is 4.88. The number of ether oxygens (including phenoxy) is 2. The molecule has 32 heavy (non-hydrogen) atoms. The number of carbonyl (C=O) groups excluding carboxylic acids is 1. The number of hydrogen-bond donors (Lipinski definition) is 0. The highest BCUT2D eigenvalue weighted by Crippen LogP contribution is 2.30. The van der Waals surface area contributed by atoms with Gasteiger partial charge in [-0.25, -0.2) is 4.79 Å². The SMILES string of the molecule is CCOC(=O)c1c(CSc2nnnn2-c2ccccc2OCC)nc2ccccc2c1C. The van der Waals surface area contributed by atoms with Gasteiger partial charge in [0.15, 0.2) is 0 Å². The lowest BCUT2D eigenvalue weighted by atomic mass is 10.0. The van der Waals surface area contributed by atoms with Crippen molar-refractivity contribution in [3.63, 3.8) is 0 Å². The van der Waals surface area contributed by atoms with Crippen molar-refractivity contribution in [2.24, 2.45) is 0 Å². The van der Waals surface area contributed by atoms with E-state index in [2.05, 4.69) is 15.5 Å². The lowest BCUT2D eigenvalue weighted by Crippen LogP contribution is -2.12. The molecule has 0 amide bonds. The number of benzene rings is 2. The summed E-state index contributed by atoms with van der Waals surface area (Å²) in [4.78, 5) is 17.5. The number of esters is 1. The van der Waals surface area contributed by atoms with Crippen LogP contribution in [0.5, 0.6) is 5.75 Å². The molecule has 0 saturated heterocycles. The Morgan fingerprint density at radius 2 is 1.84 bits per heavy atom. The second-order valence-corrected chi connectivity index (χ2v) is 7.80. The van der Waals surface area contributed by atoms with Crippen LogP contribution in [0.2, 0.25) is 0 Å². The van der Waals surface area contributed by atoms with Gasteiger partial charge in [0.05, 0.1) is 30.0 Å². The van der Waals surface area contributed by atoms with Crippen LogP contribution in [-0.2, 0) is 10.5 Å². The van der Waals surface area contributed by atoms with Crippen LogP contribution in [0.25, 0.3) is 16.6 Å². The number of fused-ring (bicyclic) bond motifs is 1. The molecule has 8 nitrogen and oxygen atoms in total. The number of rotatable bonds is 8. The molecule has 4 aromatic rings. The summed E-state index contributed by atoms with van der Waals surface area (Å²) in [7, 11) is 0. The number of thioether (sulfide) groups is 1. The summed E-state index contributed by atoms with van der Waals surface area (Å²) in [6.07, 6.45) is 0.